The molecular formula is C15H17FN2O2S. The number of amides is 2. The van der Waals surface area contributed by atoms with Gasteiger partial charge in [-0.25, -0.2) is 9.18 Å². The molecule has 0 spiro atoms. The summed E-state index contributed by atoms with van der Waals surface area (Å²) >= 11 is 1.59. The van der Waals surface area contributed by atoms with Crippen molar-refractivity contribution >= 4 is 17.4 Å². The third kappa shape index (κ3) is 4.84. The number of ether oxygens (including phenoxy) is 1. The zero-order chi connectivity index (χ0) is 15.1. The van der Waals surface area contributed by atoms with E-state index in [1.54, 1.807) is 30.6 Å². The standard InChI is InChI=1S/C15H17FN2O2S/c1-20-14(12-6-7-21-10-12)9-18-15(19)17-8-11-2-4-13(16)5-3-11/h2-7,10,14H,8-9H2,1H3,(H2,17,18,19). The van der Waals surface area contributed by atoms with E-state index < -0.39 is 0 Å². The molecule has 0 saturated carbocycles. The number of carbonyl (C=O) groups is 1. The van der Waals surface area contributed by atoms with Crippen LogP contribution in [0, 0.1) is 5.82 Å². The molecule has 6 heteroatoms. The van der Waals surface area contributed by atoms with E-state index in [4.69, 9.17) is 4.74 Å². The third-order valence-corrected chi connectivity index (χ3v) is 3.72. The molecule has 1 unspecified atom stereocenters. The van der Waals surface area contributed by atoms with E-state index in [9.17, 15) is 9.18 Å². The van der Waals surface area contributed by atoms with E-state index in [1.807, 2.05) is 16.8 Å². The SMILES string of the molecule is COC(CNC(=O)NCc1ccc(F)cc1)c1ccsc1. The number of rotatable bonds is 6. The van der Waals surface area contributed by atoms with Crippen LogP contribution in [-0.2, 0) is 11.3 Å². The number of carbonyl (C=O) groups excluding carboxylic acids is 1. The molecule has 1 aromatic carbocycles. The van der Waals surface area contributed by atoms with Crippen molar-refractivity contribution in [2.75, 3.05) is 13.7 Å². The summed E-state index contributed by atoms with van der Waals surface area (Å²) in [5, 5.41) is 9.44. The van der Waals surface area contributed by atoms with Crippen molar-refractivity contribution in [1.82, 2.24) is 10.6 Å². The molecular weight excluding hydrogens is 291 g/mol. The minimum Gasteiger partial charge on any atom is -0.375 e. The van der Waals surface area contributed by atoms with E-state index in [0.29, 0.717) is 13.1 Å². The van der Waals surface area contributed by atoms with Crippen molar-refractivity contribution in [2.45, 2.75) is 12.6 Å². The summed E-state index contributed by atoms with van der Waals surface area (Å²) in [6, 6.07) is 7.70. The van der Waals surface area contributed by atoms with Crippen molar-refractivity contribution in [1.29, 1.82) is 0 Å². The lowest BCUT2D eigenvalue weighted by Crippen LogP contribution is -2.37. The molecule has 2 N–H and O–H groups in total. The van der Waals surface area contributed by atoms with Gasteiger partial charge in [0.15, 0.2) is 0 Å². The van der Waals surface area contributed by atoms with Crippen molar-refractivity contribution in [3.63, 3.8) is 0 Å². The topological polar surface area (TPSA) is 50.4 Å². The Labute approximate surface area is 126 Å². The number of benzene rings is 1. The predicted molar refractivity (Wildman–Crippen MR) is 80.7 cm³/mol. The van der Waals surface area contributed by atoms with E-state index in [2.05, 4.69) is 10.6 Å². The van der Waals surface area contributed by atoms with E-state index in [-0.39, 0.29) is 18.0 Å². The highest BCUT2D eigenvalue weighted by atomic mass is 32.1. The molecule has 2 rings (SSSR count). The number of hydrogen-bond acceptors (Lipinski definition) is 3. The molecule has 0 aliphatic carbocycles. The van der Waals surface area contributed by atoms with Crippen LogP contribution in [-0.4, -0.2) is 19.7 Å². The van der Waals surface area contributed by atoms with Crippen LogP contribution in [0.3, 0.4) is 0 Å². The summed E-state index contributed by atoms with van der Waals surface area (Å²) in [6.07, 6.45) is -0.159. The van der Waals surface area contributed by atoms with Gasteiger partial charge in [0.2, 0.25) is 0 Å². The fraction of sp³-hybridized carbons (Fsp3) is 0.267. The second-order valence-electron chi connectivity index (χ2n) is 4.47. The summed E-state index contributed by atoms with van der Waals surface area (Å²) in [5.41, 5.74) is 1.88. The first kappa shape index (κ1) is 15.5. The van der Waals surface area contributed by atoms with Crippen LogP contribution in [0.5, 0.6) is 0 Å². The van der Waals surface area contributed by atoms with Crippen molar-refractivity contribution in [3.8, 4) is 0 Å². The van der Waals surface area contributed by atoms with Gasteiger partial charge in [0.25, 0.3) is 0 Å². The Balaban J connectivity index is 1.75. The van der Waals surface area contributed by atoms with Crippen LogP contribution in [0.1, 0.15) is 17.2 Å². The van der Waals surface area contributed by atoms with Gasteiger partial charge < -0.3 is 15.4 Å². The monoisotopic (exact) mass is 308 g/mol. The molecule has 0 fully saturated rings. The Morgan fingerprint density at radius 3 is 2.67 bits per heavy atom. The van der Waals surface area contributed by atoms with Crippen LogP contribution >= 0.6 is 11.3 Å². The maximum Gasteiger partial charge on any atom is 0.315 e. The lowest BCUT2D eigenvalue weighted by atomic mass is 10.2. The van der Waals surface area contributed by atoms with Crippen LogP contribution in [0.15, 0.2) is 41.1 Å². The molecule has 1 aromatic heterocycles. The smallest absolute Gasteiger partial charge is 0.315 e. The van der Waals surface area contributed by atoms with Gasteiger partial charge in [-0.05, 0) is 40.1 Å². The van der Waals surface area contributed by atoms with Crippen molar-refractivity contribution in [3.05, 3.63) is 58.0 Å². The first-order valence-corrected chi connectivity index (χ1v) is 7.44. The Morgan fingerprint density at radius 1 is 1.29 bits per heavy atom. The molecule has 0 aliphatic heterocycles. The first-order chi connectivity index (χ1) is 10.2. The van der Waals surface area contributed by atoms with Gasteiger partial charge in [0, 0.05) is 20.2 Å². The summed E-state index contributed by atoms with van der Waals surface area (Å²) in [5.74, 6) is -0.290. The fourth-order valence-electron chi connectivity index (χ4n) is 1.83. The number of halogens is 1. The van der Waals surface area contributed by atoms with Gasteiger partial charge in [-0.15, -0.1) is 0 Å². The third-order valence-electron chi connectivity index (χ3n) is 3.01. The molecule has 2 amide bonds. The van der Waals surface area contributed by atoms with Crippen LogP contribution in [0.25, 0.3) is 0 Å². The van der Waals surface area contributed by atoms with Gasteiger partial charge in [-0.2, -0.15) is 11.3 Å². The molecule has 0 aliphatic rings. The Morgan fingerprint density at radius 2 is 2.05 bits per heavy atom. The van der Waals surface area contributed by atoms with E-state index >= 15 is 0 Å². The Hall–Kier alpha value is -1.92. The average molecular weight is 308 g/mol. The van der Waals surface area contributed by atoms with Crippen LogP contribution in [0.4, 0.5) is 9.18 Å². The van der Waals surface area contributed by atoms with Crippen molar-refractivity contribution in [2.24, 2.45) is 0 Å². The summed E-state index contributed by atoms with van der Waals surface area (Å²) in [7, 11) is 1.61. The largest absolute Gasteiger partial charge is 0.375 e. The van der Waals surface area contributed by atoms with E-state index in [1.165, 1.54) is 12.1 Å². The molecule has 21 heavy (non-hydrogen) atoms. The molecule has 0 bridgehead atoms. The van der Waals surface area contributed by atoms with Gasteiger partial charge in [0.1, 0.15) is 11.9 Å². The van der Waals surface area contributed by atoms with Crippen LogP contribution < -0.4 is 10.6 Å². The summed E-state index contributed by atoms with van der Waals surface area (Å²) in [4.78, 5) is 11.7. The predicted octanol–water partition coefficient (Wildman–Crippen LogP) is 3.07. The van der Waals surface area contributed by atoms with Gasteiger partial charge in [-0.1, -0.05) is 12.1 Å². The highest BCUT2D eigenvalue weighted by molar-refractivity contribution is 7.07. The highest BCUT2D eigenvalue weighted by Gasteiger charge is 2.12. The second kappa shape index (κ2) is 7.75. The summed E-state index contributed by atoms with van der Waals surface area (Å²) < 4.78 is 18.1. The molecule has 4 nitrogen and oxygen atoms in total. The lowest BCUT2D eigenvalue weighted by molar-refractivity contribution is 0.104. The van der Waals surface area contributed by atoms with Gasteiger partial charge in [-0.3, -0.25) is 0 Å². The molecule has 2 aromatic rings. The number of methoxy groups -OCH3 is 1. The summed E-state index contributed by atoms with van der Waals surface area (Å²) in [6.45, 7) is 0.741. The number of hydrogen-bond donors (Lipinski definition) is 2. The number of nitrogens with one attached hydrogen (secondary N) is 2. The zero-order valence-electron chi connectivity index (χ0n) is 11.6. The molecule has 0 radical (unpaired) electrons. The normalized spacial score (nSPS) is 11.9. The maximum atomic E-state index is 12.8. The second-order valence-corrected chi connectivity index (χ2v) is 5.25. The fourth-order valence-corrected chi connectivity index (χ4v) is 2.53. The average Bonchev–Trinajstić information content (AvgIpc) is 3.01. The van der Waals surface area contributed by atoms with E-state index in [0.717, 1.165) is 11.1 Å². The van der Waals surface area contributed by atoms with Gasteiger partial charge in [0.05, 0.1) is 0 Å². The van der Waals surface area contributed by atoms with Crippen molar-refractivity contribution < 1.29 is 13.9 Å². The zero-order valence-corrected chi connectivity index (χ0v) is 12.5. The molecule has 0 saturated heterocycles. The Bertz CT molecular complexity index is 558. The molecule has 112 valence electrons. The Kier molecular flexibility index (Phi) is 5.71. The lowest BCUT2D eigenvalue weighted by Gasteiger charge is -2.15. The first-order valence-electron chi connectivity index (χ1n) is 6.50. The molecule has 1 heterocycles. The molecule has 1 atom stereocenters. The minimum absolute atomic E-state index is 0.159. The quantitative estimate of drug-likeness (QED) is 0.861. The minimum atomic E-state index is -0.290. The number of thiophene rings is 1. The highest BCUT2D eigenvalue weighted by Crippen LogP contribution is 2.18. The van der Waals surface area contributed by atoms with Gasteiger partial charge >= 0.3 is 6.03 Å². The van der Waals surface area contributed by atoms with Crippen LogP contribution in [0.2, 0.25) is 0 Å². The number of urea groups is 1. The maximum absolute atomic E-state index is 12.8.